The quantitative estimate of drug-likeness (QED) is 0.884. The van der Waals surface area contributed by atoms with Crippen LogP contribution in [0.5, 0.6) is 0 Å². The third-order valence-corrected chi connectivity index (χ3v) is 3.52. The van der Waals surface area contributed by atoms with E-state index in [9.17, 15) is 4.79 Å². The first-order chi connectivity index (χ1) is 8.81. The number of nitrogens with one attached hydrogen (secondary N) is 2. The minimum Gasteiger partial charge on any atom is -0.335 e. The van der Waals surface area contributed by atoms with E-state index in [0.29, 0.717) is 6.54 Å². The molecular formula is C14H17BrN2O. The second kappa shape index (κ2) is 6.59. The van der Waals surface area contributed by atoms with Crippen LogP contribution in [0.3, 0.4) is 0 Å². The molecule has 0 bridgehead atoms. The Morgan fingerprint density at radius 1 is 1.44 bits per heavy atom. The van der Waals surface area contributed by atoms with E-state index in [0.717, 1.165) is 19.3 Å². The molecule has 1 aliphatic rings. The van der Waals surface area contributed by atoms with Crippen LogP contribution in [0.15, 0.2) is 35.3 Å². The maximum Gasteiger partial charge on any atom is 0.315 e. The lowest BCUT2D eigenvalue weighted by atomic mass is 9.88. The molecule has 1 aromatic carbocycles. The van der Waals surface area contributed by atoms with Gasteiger partial charge in [0.05, 0.1) is 6.04 Å². The summed E-state index contributed by atoms with van der Waals surface area (Å²) >= 11 is 3.17. The molecule has 1 unspecified atom stereocenters. The number of halogens is 1. The minimum absolute atomic E-state index is 0.109. The molecule has 0 heterocycles. The van der Waals surface area contributed by atoms with Gasteiger partial charge >= 0.3 is 6.03 Å². The van der Waals surface area contributed by atoms with Crippen molar-refractivity contribution >= 4 is 22.0 Å². The van der Waals surface area contributed by atoms with E-state index >= 15 is 0 Å². The maximum absolute atomic E-state index is 11.7. The summed E-state index contributed by atoms with van der Waals surface area (Å²) in [5.41, 5.74) is 2.62. The van der Waals surface area contributed by atoms with Gasteiger partial charge in [-0.1, -0.05) is 46.3 Å². The Kier molecular flexibility index (Phi) is 4.81. The lowest BCUT2D eigenvalue weighted by Gasteiger charge is -2.26. The molecule has 0 radical (unpaired) electrons. The Labute approximate surface area is 116 Å². The first kappa shape index (κ1) is 13.1. The van der Waals surface area contributed by atoms with Gasteiger partial charge in [0.15, 0.2) is 0 Å². The van der Waals surface area contributed by atoms with Crippen molar-refractivity contribution in [2.75, 3.05) is 6.54 Å². The molecule has 18 heavy (non-hydrogen) atoms. The van der Waals surface area contributed by atoms with Crippen LogP contribution in [0, 0.1) is 0 Å². The molecule has 0 aromatic heterocycles. The van der Waals surface area contributed by atoms with Crippen LogP contribution in [0.2, 0.25) is 0 Å². The van der Waals surface area contributed by atoms with Crippen molar-refractivity contribution in [3.63, 3.8) is 0 Å². The zero-order valence-corrected chi connectivity index (χ0v) is 11.7. The van der Waals surface area contributed by atoms with Gasteiger partial charge in [-0.15, -0.1) is 0 Å². The predicted molar refractivity (Wildman–Crippen MR) is 76.7 cm³/mol. The highest BCUT2D eigenvalue weighted by atomic mass is 79.9. The Bertz CT molecular complexity index is 445. The molecule has 1 aliphatic carbocycles. The molecule has 0 aliphatic heterocycles. The summed E-state index contributed by atoms with van der Waals surface area (Å²) in [6, 6.07) is 8.38. The van der Waals surface area contributed by atoms with Crippen molar-refractivity contribution in [2.45, 2.75) is 25.3 Å². The van der Waals surface area contributed by atoms with E-state index < -0.39 is 0 Å². The number of hydrogen-bond donors (Lipinski definition) is 2. The molecule has 2 amide bonds. The van der Waals surface area contributed by atoms with Crippen LogP contribution in [0.1, 0.15) is 30.0 Å². The summed E-state index contributed by atoms with van der Waals surface area (Å²) in [4.78, 5) is 13.5. The molecular weight excluding hydrogens is 292 g/mol. The Hall–Kier alpha value is -1.29. The van der Waals surface area contributed by atoms with Crippen LogP contribution < -0.4 is 10.6 Å². The minimum atomic E-state index is -0.109. The number of carbonyl (C=O) groups excluding carboxylic acids is 1. The second-order valence-corrected chi connectivity index (χ2v) is 4.89. The van der Waals surface area contributed by atoms with Crippen LogP contribution in [-0.4, -0.2) is 12.6 Å². The highest BCUT2D eigenvalue weighted by molar-refractivity contribution is 9.11. The number of hydrogen-bond acceptors (Lipinski definition) is 1. The average Bonchev–Trinajstić information content (AvgIpc) is 2.39. The first-order valence-corrected chi connectivity index (χ1v) is 7.10. The fourth-order valence-electron chi connectivity index (χ4n) is 2.31. The summed E-state index contributed by atoms with van der Waals surface area (Å²) in [7, 11) is 0. The van der Waals surface area contributed by atoms with Gasteiger partial charge in [0, 0.05) is 6.54 Å². The van der Waals surface area contributed by atoms with Crippen molar-refractivity contribution in [3.8, 4) is 0 Å². The zero-order valence-electron chi connectivity index (χ0n) is 10.2. The number of carbonyl (C=O) groups is 1. The van der Waals surface area contributed by atoms with Crippen LogP contribution in [0.25, 0.3) is 0 Å². The number of benzene rings is 1. The number of fused-ring (bicyclic) bond motifs is 1. The molecule has 2 rings (SSSR count). The average molecular weight is 309 g/mol. The smallest absolute Gasteiger partial charge is 0.315 e. The summed E-state index contributed by atoms with van der Waals surface area (Å²) in [6.45, 7) is 0.533. The summed E-state index contributed by atoms with van der Waals surface area (Å²) in [6.07, 6.45) is 5.10. The van der Waals surface area contributed by atoms with Crippen molar-refractivity contribution in [3.05, 3.63) is 46.5 Å². The number of amides is 2. The monoisotopic (exact) mass is 308 g/mol. The fourth-order valence-corrected chi connectivity index (χ4v) is 2.50. The van der Waals surface area contributed by atoms with Crippen molar-refractivity contribution in [1.82, 2.24) is 10.6 Å². The van der Waals surface area contributed by atoms with Gasteiger partial charge in [-0.05, 0) is 35.4 Å². The molecule has 96 valence electrons. The molecule has 0 saturated heterocycles. The van der Waals surface area contributed by atoms with Gasteiger partial charge in [0.1, 0.15) is 0 Å². The van der Waals surface area contributed by atoms with Gasteiger partial charge in [-0.2, -0.15) is 0 Å². The van der Waals surface area contributed by atoms with Gasteiger partial charge in [0.25, 0.3) is 0 Å². The molecule has 2 N–H and O–H groups in total. The second-order valence-electron chi connectivity index (χ2n) is 4.36. The van der Waals surface area contributed by atoms with Crippen LogP contribution in [0.4, 0.5) is 4.79 Å². The molecule has 1 aromatic rings. The summed E-state index contributed by atoms with van der Waals surface area (Å²) in [5, 5.41) is 5.83. The molecule has 0 spiro atoms. The van der Waals surface area contributed by atoms with Crippen molar-refractivity contribution in [2.24, 2.45) is 0 Å². The predicted octanol–water partition coefficient (Wildman–Crippen LogP) is 3.27. The van der Waals surface area contributed by atoms with Gasteiger partial charge < -0.3 is 10.6 Å². The molecule has 3 nitrogen and oxygen atoms in total. The number of rotatable bonds is 3. The van der Waals surface area contributed by atoms with E-state index in [-0.39, 0.29) is 12.1 Å². The maximum atomic E-state index is 11.7. The van der Waals surface area contributed by atoms with E-state index in [1.807, 2.05) is 12.1 Å². The van der Waals surface area contributed by atoms with E-state index in [2.05, 4.69) is 44.8 Å². The van der Waals surface area contributed by atoms with E-state index in [4.69, 9.17) is 0 Å². The lowest BCUT2D eigenvalue weighted by molar-refractivity contribution is 0.236. The lowest BCUT2D eigenvalue weighted by Crippen LogP contribution is -2.39. The first-order valence-electron chi connectivity index (χ1n) is 6.18. The Morgan fingerprint density at radius 2 is 2.28 bits per heavy atom. The van der Waals surface area contributed by atoms with Gasteiger partial charge in [-0.25, -0.2) is 4.79 Å². The van der Waals surface area contributed by atoms with Gasteiger partial charge in [-0.3, -0.25) is 0 Å². The molecule has 1 atom stereocenters. The Morgan fingerprint density at radius 3 is 3.11 bits per heavy atom. The largest absolute Gasteiger partial charge is 0.335 e. The molecule has 0 fully saturated rings. The zero-order chi connectivity index (χ0) is 12.8. The fraction of sp³-hybridized carbons (Fsp3) is 0.357. The van der Waals surface area contributed by atoms with Gasteiger partial charge in [0.2, 0.25) is 0 Å². The van der Waals surface area contributed by atoms with Crippen LogP contribution >= 0.6 is 15.9 Å². The molecule has 4 heteroatoms. The third-order valence-electron chi connectivity index (χ3n) is 3.14. The Balaban J connectivity index is 1.96. The SMILES string of the molecule is O=C(NC/C=C/Br)NC1CCCc2ccccc21. The topological polar surface area (TPSA) is 41.1 Å². The van der Waals surface area contributed by atoms with Crippen molar-refractivity contribution < 1.29 is 4.79 Å². The number of aryl methyl sites for hydroxylation is 1. The summed E-state index contributed by atoms with van der Waals surface area (Å²) < 4.78 is 0. The number of urea groups is 1. The third kappa shape index (κ3) is 3.35. The highest BCUT2D eigenvalue weighted by Gasteiger charge is 2.20. The summed E-state index contributed by atoms with van der Waals surface area (Å²) in [5.74, 6) is 0. The van der Waals surface area contributed by atoms with E-state index in [1.165, 1.54) is 11.1 Å². The molecule has 0 saturated carbocycles. The van der Waals surface area contributed by atoms with Crippen molar-refractivity contribution in [1.29, 1.82) is 0 Å². The normalized spacial score (nSPS) is 18.4. The van der Waals surface area contributed by atoms with E-state index in [1.54, 1.807) is 4.99 Å². The standard InChI is InChI=1S/C14H17BrN2O/c15-9-4-10-16-14(18)17-13-8-3-6-11-5-1-2-7-12(11)13/h1-2,4-5,7,9,13H,3,6,8,10H2,(H2,16,17,18)/b9-4+. The highest BCUT2D eigenvalue weighted by Crippen LogP contribution is 2.29. The van der Waals surface area contributed by atoms with Crippen LogP contribution in [-0.2, 0) is 6.42 Å².